The van der Waals surface area contributed by atoms with Gasteiger partial charge >= 0.3 is 0 Å². The number of methoxy groups -OCH3 is 1. The molecule has 0 radical (unpaired) electrons. The zero-order chi connectivity index (χ0) is 23.8. The van der Waals surface area contributed by atoms with Crippen molar-refractivity contribution in [3.05, 3.63) is 71.6 Å². The Labute approximate surface area is 196 Å². The van der Waals surface area contributed by atoms with Gasteiger partial charge in [0, 0.05) is 37.5 Å². The molecular weight excluding hydrogens is 414 g/mol. The van der Waals surface area contributed by atoms with Gasteiger partial charge in [0.25, 0.3) is 5.91 Å². The zero-order valence-corrected chi connectivity index (χ0v) is 20.0. The van der Waals surface area contributed by atoms with Gasteiger partial charge < -0.3 is 15.4 Å². The minimum Gasteiger partial charge on any atom is -0.497 e. The second-order valence-electron chi connectivity index (χ2n) is 9.19. The summed E-state index contributed by atoms with van der Waals surface area (Å²) in [4.78, 5) is 29.1. The number of carbonyl (C=O) groups is 2. The van der Waals surface area contributed by atoms with E-state index in [1.54, 1.807) is 31.6 Å². The molecule has 0 fully saturated rings. The Bertz CT molecular complexity index is 954. The van der Waals surface area contributed by atoms with E-state index < -0.39 is 0 Å². The van der Waals surface area contributed by atoms with Crippen LogP contribution in [0.2, 0.25) is 0 Å². The Hall–Kier alpha value is -3.15. The highest BCUT2D eigenvalue weighted by Gasteiger charge is 2.32. The standard InChI is InChI=1S/C27H35N3O3/c1-18(2)25-14-22(15-26(31)29-16-20-5-7-24(33-4)8-6-20)19(3)13-23(25)17-30-27(32)21-9-11-28-12-10-21/h5-13,18,22-23,25H,14-17H2,1-4H3,(H,29,31)(H,30,32)/t22-,23-,25-/m0/s1. The Morgan fingerprint density at radius 2 is 1.79 bits per heavy atom. The number of benzene rings is 1. The molecule has 1 aromatic carbocycles. The van der Waals surface area contributed by atoms with E-state index in [2.05, 4.69) is 42.5 Å². The lowest BCUT2D eigenvalue weighted by atomic mass is 9.69. The number of amides is 2. The van der Waals surface area contributed by atoms with Crippen molar-refractivity contribution in [3.8, 4) is 5.75 Å². The molecule has 1 aliphatic rings. The van der Waals surface area contributed by atoms with Crippen molar-refractivity contribution in [2.24, 2.45) is 23.7 Å². The van der Waals surface area contributed by atoms with Gasteiger partial charge in [-0.15, -0.1) is 0 Å². The molecule has 0 saturated carbocycles. The fourth-order valence-electron chi connectivity index (χ4n) is 4.56. The summed E-state index contributed by atoms with van der Waals surface area (Å²) < 4.78 is 5.18. The van der Waals surface area contributed by atoms with Crippen LogP contribution in [-0.4, -0.2) is 30.5 Å². The van der Waals surface area contributed by atoms with Crippen LogP contribution >= 0.6 is 0 Å². The van der Waals surface area contributed by atoms with Gasteiger partial charge in [0.15, 0.2) is 0 Å². The number of hydrogen-bond acceptors (Lipinski definition) is 4. The summed E-state index contributed by atoms with van der Waals surface area (Å²) in [7, 11) is 1.64. The maximum absolute atomic E-state index is 12.7. The normalized spacial score (nSPS) is 20.2. The van der Waals surface area contributed by atoms with Crippen LogP contribution in [0, 0.1) is 23.7 Å². The van der Waals surface area contributed by atoms with Crippen molar-refractivity contribution in [3.63, 3.8) is 0 Å². The highest BCUT2D eigenvalue weighted by Crippen LogP contribution is 2.38. The molecule has 0 bridgehead atoms. The fourth-order valence-corrected chi connectivity index (χ4v) is 4.56. The number of pyridine rings is 1. The average molecular weight is 450 g/mol. The first-order valence-corrected chi connectivity index (χ1v) is 11.6. The predicted molar refractivity (Wildman–Crippen MR) is 130 cm³/mol. The third kappa shape index (κ3) is 6.91. The van der Waals surface area contributed by atoms with E-state index in [1.807, 2.05) is 24.3 Å². The van der Waals surface area contributed by atoms with E-state index >= 15 is 0 Å². The quantitative estimate of drug-likeness (QED) is 0.557. The van der Waals surface area contributed by atoms with E-state index in [-0.39, 0.29) is 23.7 Å². The maximum atomic E-state index is 12.7. The van der Waals surface area contributed by atoms with Crippen molar-refractivity contribution in [2.45, 2.75) is 40.2 Å². The van der Waals surface area contributed by atoms with Crippen LogP contribution in [0.25, 0.3) is 0 Å². The maximum Gasteiger partial charge on any atom is 0.251 e. The molecule has 2 amide bonds. The first-order chi connectivity index (χ1) is 15.9. The predicted octanol–water partition coefficient (Wildman–Crippen LogP) is 4.38. The molecule has 1 heterocycles. The summed E-state index contributed by atoms with van der Waals surface area (Å²) in [6.07, 6.45) is 6.95. The number of hydrogen-bond donors (Lipinski definition) is 2. The number of rotatable bonds is 9. The number of nitrogens with one attached hydrogen (secondary N) is 2. The van der Waals surface area contributed by atoms with Gasteiger partial charge in [-0.05, 0) is 66.8 Å². The van der Waals surface area contributed by atoms with Gasteiger partial charge in [0.2, 0.25) is 5.91 Å². The SMILES string of the molecule is COc1ccc(CNC(=O)C[C@@H]2C[C@@H](C(C)C)[C@H](CNC(=O)c3ccncc3)C=C2C)cc1. The largest absolute Gasteiger partial charge is 0.497 e. The molecule has 2 aromatic rings. The second-order valence-corrected chi connectivity index (χ2v) is 9.19. The lowest BCUT2D eigenvalue weighted by molar-refractivity contribution is -0.122. The summed E-state index contributed by atoms with van der Waals surface area (Å²) >= 11 is 0. The van der Waals surface area contributed by atoms with E-state index in [1.165, 1.54) is 5.57 Å². The molecular formula is C27H35N3O3. The number of carbonyl (C=O) groups excluding carboxylic acids is 2. The van der Waals surface area contributed by atoms with E-state index in [9.17, 15) is 9.59 Å². The van der Waals surface area contributed by atoms with Crippen molar-refractivity contribution in [1.29, 1.82) is 0 Å². The van der Waals surface area contributed by atoms with Gasteiger partial charge in [-0.3, -0.25) is 14.6 Å². The monoisotopic (exact) mass is 449 g/mol. The third-order valence-corrected chi connectivity index (χ3v) is 6.61. The molecule has 6 nitrogen and oxygen atoms in total. The van der Waals surface area contributed by atoms with Gasteiger partial charge in [-0.2, -0.15) is 0 Å². The lowest BCUT2D eigenvalue weighted by Crippen LogP contribution is -2.37. The van der Waals surface area contributed by atoms with Crippen LogP contribution in [0.4, 0.5) is 0 Å². The molecule has 3 rings (SSSR count). The Morgan fingerprint density at radius 1 is 1.09 bits per heavy atom. The Balaban J connectivity index is 1.56. The minimum absolute atomic E-state index is 0.0653. The van der Waals surface area contributed by atoms with Crippen molar-refractivity contribution < 1.29 is 14.3 Å². The summed E-state index contributed by atoms with van der Waals surface area (Å²) in [6.45, 7) is 7.65. The van der Waals surface area contributed by atoms with E-state index in [4.69, 9.17) is 4.74 Å². The van der Waals surface area contributed by atoms with Crippen LogP contribution in [0.1, 0.15) is 49.5 Å². The molecule has 1 aromatic heterocycles. The van der Waals surface area contributed by atoms with Crippen LogP contribution in [0.3, 0.4) is 0 Å². The third-order valence-electron chi connectivity index (χ3n) is 6.61. The van der Waals surface area contributed by atoms with Gasteiger partial charge in [0.05, 0.1) is 7.11 Å². The summed E-state index contributed by atoms with van der Waals surface area (Å²) in [5.41, 5.74) is 2.90. The van der Waals surface area contributed by atoms with Crippen LogP contribution in [0.5, 0.6) is 5.75 Å². The molecule has 176 valence electrons. The number of ether oxygens (including phenoxy) is 1. The van der Waals surface area contributed by atoms with Crippen LogP contribution in [-0.2, 0) is 11.3 Å². The van der Waals surface area contributed by atoms with E-state index in [0.717, 1.165) is 17.7 Å². The summed E-state index contributed by atoms with van der Waals surface area (Å²) in [5.74, 6) is 2.14. The van der Waals surface area contributed by atoms with Gasteiger partial charge in [-0.1, -0.05) is 37.6 Å². The molecule has 2 N–H and O–H groups in total. The van der Waals surface area contributed by atoms with Crippen LogP contribution in [0.15, 0.2) is 60.4 Å². The van der Waals surface area contributed by atoms with E-state index in [0.29, 0.717) is 36.9 Å². The number of allylic oxidation sites excluding steroid dienone is 1. The summed E-state index contributed by atoms with van der Waals surface area (Å²) in [6, 6.07) is 11.2. The smallest absolute Gasteiger partial charge is 0.251 e. The molecule has 0 spiro atoms. The number of nitrogens with zero attached hydrogens (tertiary/aromatic N) is 1. The minimum atomic E-state index is -0.0778. The second kappa shape index (κ2) is 11.6. The average Bonchev–Trinajstić information content (AvgIpc) is 2.83. The molecule has 0 unspecified atom stereocenters. The Kier molecular flexibility index (Phi) is 8.64. The molecule has 3 atom stereocenters. The van der Waals surface area contributed by atoms with Crippen molar-refractivity contribution in [1.82, 2.24) is 15.6 Å². The highest BCUT2D eigenvalue weighted by molar-refractivity contribution is 5.93. The van der Waals surface area contributed by atoms with Crippen molar-refractivity contribution in [2.75, 3.05) is 13.7 Å². The highest BCUT2D eigenvalue weighted by atomic mass is 16.5. The topological polar surface area (TPSA) is 80.3 Å². The Morgan fingerprint density at radius 3 is 2.42 bits per heavy atom. The molecule has 33 heavy (non-hydrogen) atoms. The molecule has 0 saturated heterocycles. The van der Waals surface area contributed by atoms with Gasteiger partial charge in [0.1, 0.15) is 5.75 Å². The van der Waals surface area contributed by atoms with Crippen molar-refractivity contribution >= 4 is 11.8 Å². The summed E-state index contributed by atoms with van der Waals surface area (Å²) in [5, 5.41) is 6.13. The molecule has 6 heteroatoms. The lowest BCUT2D eigenvalue weighted by Gasteiger charge is -2.37. The first-order valence-electron chi connectivity index (χ1n) is 11.6. The van der Waals surface area contributed by atoms with Gasteiger partial charge in [-0.25, -0.2) is 0 Å². The first kappa shape index (κ1) is 24.5. The fraction of sp³-hybridized carbons (Fsp3) is 0.444. The molecule has 0 aliphatic heterocycles. The van der Waals surface area contributed by atoms with Crippen LogP contribution < -0.4 is 15.4 Å². The molecule has 1 aliphatic carbocycles. The number of aromatic nitrogens is 1. The zero-order valence-electron chi connectivity index (χ0n) is 20.0.